The zero-order chi connectivity index (χ0) is 14.6. The van der Waals surface area contributed by atoms with Crippen molar-refractivity contribution in [2.24, 2.45) is 11.7 Å². The van der Waals surface area contributed by atoms with Crippen LogP contribution in [-0.4, -0.2) is 15.3 Å². The highest BCUT2D eigenvalue weighted by Gasteiger charge is 2.30. The van der Waals surface area contributed by atoms with Gasteiger partial charge < -0.3 is 5.73 Å². The summed E-state index contributed by atoms with van der Waals surface area (Å²) >= 11 is 0. The molecule has 0 radical (unpaired) electrons. The molecule has 0 spiro atoms. The summed E-state index contributed by atoms with van der Waals surface area (Å²) < 4.78 is 2.12. The summed E-state index contributed by atoms with van der Waals surface area (Å²) in [7, 11) is 0. The van der Waals surface area contributed by atoms with E-state index in [4.69, 9.17) is 5.73 Å². The van der Waals surface area contributed by atoms with Gasteiger partial charge in [-0.15, -0.1) is 0 Å². The summed E-state index contributed by atoms with van der Waals surface area (Å²) in [6.45, 7) is 7.47. The van der Waals surface area contributed by atoms with Crippen molar-refractivity contribution >= 4 is 0 Å². The van der Waals surface area contributed by atoms with E-state index in [9.17, 15) is 0 Å². The summed E-state index contributed by atoms with van der Waals surface area (Å²) in [5.41, 5.74) is 9.16. The van der Waals surface area contributed by atoms with Crippen LogP contribution in [-0.2, 0) is 13.0 Å². The lowest BCUT2D eigenvalue weighted by Gasteiger charge is -2.28. The van der Waals surface area contributed by atoms with Crippen LogP contribution in [0.5, 0.6) is 0 Å². The van der Waals surface area contributed by atoms with Crippen molar-refractivity contribution in [3.05, 3.63) is 17.5 Å². The first-order valence-corrected chi connectivity index (χ1v) is 8.38. The Bertz CT molecular complexity index is 424. The number of nitrogens with zero attached hydrogens (tertiary/aromatic N) is 2. The van der Waals surface area contributed by atoms with Gasteiger partial charge in [-0.05, 0) is 45.1 Å². The second-order valence-electron chi connectivity index (χ2n) is 6.72. The highest BCUT2D eigenvalue weighted by Crippen LogP contribution is 2.33. The molecular formula is C17H31N3. The van der Waals surface area contributed by atoms with Crippen LogP contribution in [0.3, 0.4) is 0 Å². The van der Waals surface area contributed by atoms with Crippen LogP contribution < -0.4 is 5.73 Å². The first kappa shape index (κ1) is 15.6. The predicted molar refractivity (Wildman–Crippen MR) is 84.7 cm³/mol. The summed E-state index contributed by atoms with van der Waals surface area (Å²) in [6, 6.07) is 2.21. The Morgan fingerprint density at radius 2 is 2.15 bits per heavy atom. The maximum absolute atomic E-state index is 6.74. The SMILES string of the molecule is CCCC1CCCC(N)(Cc2cc(C)nn2CC)CC1. The largest absolute Gasteiger partial charge is 0.325 e. The fourth-order valence-electron chi connectivity index (χ4n) is 3.75. The lowest BCUT2D eigenvalue weighted by atomic mass is 9.86. The van der Waals surface area contributed by atoms with Crippen LogP contribution in [0, 0.1) is 12.8 Å². The Morgan fingerprint density at radius 3 is 2.85 bits per heavy atom. The number of hydrogen-bond donors (Lipinski definition) is 1. The highest BCUT2D eigenvalue weighted by molar-refractivity contribution is 5.13. The molecule has 1 aromatic heterocycles. The van der Waals surface area contributed by atoms with E-state index >= 15 is 0 Å². The topological polar surface area (TPSA) is 43.8 Å². The third kappa shape index (κ3) is 3.85. The standard InChI is InChI=1S/C17H31N3/c1-4-7-15-8-6-10-17(18,11-9-15)13-16-12-14(3)19-20(16)5-2/h12,15H,4-11,13,18H2,1-3H3. The molecule has 1 aliphatic rings. The monoisotopic (exact) mass is 277 g/mol. The number of aromatic nitrogens is 2. The average Bonchev–Trinajstić information content (AvgIpc) is 2.64. The van der Waals surface area contributed by atoms with Gasteiger partial charge in [0.15, 0.2) is 0 Å². The smallest absolute Gasteiger partial charge is 0.0596 e. The molecule has 20 heavy (non-hydrogen) atoms. The Balaban J connectivity index is 2.03. The van der Waals surface area contributed by atoms with Gasteiger partial charge in [-0.2, -0.15) is 5.10 Å². The van der Waals surface area contributed by atoms with E-state index in [1.54, 1.807) is 0 Å². The number of hydrogen-bond acceptors (Lipinski definition) is 2. The summed E-state index contributed by atoms with van der Waals surface area (Å²) in [6.07, 6.45) is 9.99. The van der Waals surface area contributed by atoms with E-state index in [-0.39, 0.29) is 5.54 Å². The molecule has 2 atom stereocenters. The number of nitrogens with two attached hydrogens (primary N) is 1. The van der Waals surface area contributed by atoms with Crippen molar-refractivity contribution in [3.63, 3.8) is 0 Å². The summed E-state index contributed by atoms with van der Waals surface area (Å²) in [5, 5.41) is 4.55. The molecule has 2 rings (SSSR count). The molecule has 1 fully saturated rings. The quantitative estimate of drug-likeness (QED) is 0.831. The van der Waals surface area contributed by atoms with E-state index in [1.807, 2.05) is 0 Å². The average molecular weight is 277 g/mol. The minimum atomic E-state index is -0.0120. The fraction of sp³-hybridized carbons (Fsp3) is 0.824. The van der Waals surface area contributed by atoms with Gasteiger partial charge >= 0.3 is 0 Å². The van der Waals surface area contributed by atoms with Gasteiger partial charge in [0.1, 0.15) is 0 Å². The number of aryl methyl sites for hydroxylation is 2. The van der Waals surface area contributed by atoms with Gasteiger partial charge in [0, 0.05) is 24.2 Å². The van der Waals surface area contributed by atoms with Crippen molar-refractivity contribution in [2.75, 3.05) is 0 Å². The van der Waals surface area contributed by atoms with E-state index in [2.05, 4.69) is 36.6 Å². The molecule has 0 aliphatic heterocycles. The molecule has 1 saturated carbocycles. The van der Waals surface area contributed by atoms with Crippen LogP contribution in [0.4, 0.5) is 0 Å². The molecule has 1 heterocycles. The second kappa shape index (κ2) is 6.75. The predicted octanol–water partition coefficient (Wildman–Crippen LogP) is 3.83. The molecule has 3 nitrogen and oxygen atoms in total. The van der Waals surface area contributed by atoms with Crippen molar-refractivity contribution in [1.82, 2.24) is 9.78 Å². The Labute approximate surface area is 123 Å². The van der Waals surface area contributed by atoms with Gasteiger partial charge in [0.25, 0.3) is 0 Å². The Kier molecular flexibility index (Phi) is 5.25. The molecule has 0 saturated heterocycles. The molecule has 0 bridgehead atoms. The molecule has 2 N–H and O–H groups in total. The van der Waals surface area contributed by atoms with Gasteiger partial charge in [-0.25, -0.2) is 0 Å². The number of rotatable bonds is 5. The highest BCUT2D eigenvalue weighted by atomic mass is 15.3. The van der Waals surface area contributed by atoms with E-state index < -0.39 is 0 Å². The van der Waals surface area contributed by atoms with Crippen molar-refractivity contribution in [2.45, 2.75) is 84.2 Å². The summed E-state index contributed by atoms with van der Waals surface area (Å²) in [5.74, 6) is 0.906. The molecule has 0 amide bonds. The maximum Gasteiger partial charge on any atom is 0.0596 e. The van der Waals surface area contributed by atoms with Crippen molar-refractivity contribution in [1.29, 1.82) is 0 Å². The first-order valence-electron chi connectivity index (χ1n) is 8.38. The van der Waals surface area contributed by atoms with Crippen LogP contribution >= 0.6 is 0 Å². The van der Waals surface area contributed by atoms with E-state index in [0.717, 1.165) is 24.6 Å². The van der Waals surface area contributed by atoms with Gasteiger partial charge in [0.05, 0.1) is 5.69 Å². The molecule has 0 aromatic carbocycles. The third-order valence-corrected chi connectivity index (χ3v) is 4.85. The molecular weight excluding hydrogens is 246 g/mol. The molecule has 3 heteroatoms. The van der Waals surface area contributed by atoms with Crippen molar-refractivity contribution in [3.8, 4) is 0 Å². The van der Waals surface area contributed by atoms with E-state index in [0.29, 0.717) is 0 Å². The van der Waals surface area contributed by atoms with Crippen molar-refractivity contribution < 1.29 is 0 Å². The minimum Gasteiger partial charge on any atom is -0.325 e. The minimum absolute atomic E-state index is 0.0120. The van der Waals surface area contributed by atoms with Gasteiger partial charge in [0.2, 0.25) is 0 Å². The zero-order valence-corrected chi connectivity index (χ0v) is 13.5. The molecule has 2 unspecified atom stereocenters. The van der Waals surface area contributed by atoms with Crippen LogP contribution in [0.25, 0.3) is 0 Å². The van der Waals surface area contributed by atoms with Gasteiger partial charge in [-0.1, -0.05) is 32.6 Å². The second-order valence-corrected chi connectivity index (χ2v) is 6.72. The Hall–Kier alpha value is -0.830. The molecule has 1 aliphatic carbocycles. The third-order valence-electron chi connectivity index (χ3n) is 4.85. The Morgan fingerprint density at radius 1 is 1.35 bits per heavy atom. The lowest BCUT2D eigenvalue weighted by molar-refractivity contribution is 0.346. The maximum atomic E-state index is 6.74. The zero-order valence-electron chi connectivity index (χ0n) is 13.5. The summed E-state index contributed by atoms with van der Waals surface area (Å²) in [4.78, 5) is 0. The van der Waals surface area contributed by atoms with E-state index in [1.165, 1.54) is 50.6 Å². The molecule has 114 valence electrons. The van der Waals surface area contributed by atoms with Crippen LogP contribution in [0.1, 0.15) is 70.2 Å². The van der Waals surface area contributed by atoms with Gasteiger partial charge in [-0.3, -0.25) is 4.68 Å². The fourth-order valence-corrected chi connectivity index (χ4v) is 3.75. The first-order chi connectivity index (χ1) is 9.56. The van der Waals surface area contributed by atoms with Crippen LogP contribution in [0.2, 0.25) is 0 Å². The normalized spacial score (nSPS) is 27.5. The lowest BCUT2D eigenvalue weighted by Crippen LogP contribution is -2.42. The molecule has 1 aromatic rings. The van der Waals surface area contributed by atoms with Crippen LogP contribution in [0.15, 0.2) is 6.07 Å².